The van der Waals surface area contributed by atoms with Crippen LogP contribution in [-0.2, 0) is 0 Å². The Hall–Kier alpha value is -1.96. The van der Waals surface area contributed by atoms with Gasteiger partial charge in [0.1, 0.15) is 17.3 Å². The van der Waals surface area contributed by atoms with Gasteiger partial charge in [-0.25, -0.2) is 0 Å². The average molecular weight is 256 g/mol. The van der Waals surface area contributed by atoms with E-state index in [1.165, 1.54) is 0 Å². The molecular weight excluding hydrogens is 236 g/mol. The minimum Gasteiger partial charge on any atom is -0.462 e. The Morgan fingerprint density at radius 2 is 1.89 bits per heavy atom. The Morgan fingerprint density at radius 1 is 1.16 bits per heavy atom. The van der Waals surface area contributed by atoms with Crippen LogP contribution in [0.3, 0.4) is 0 Å². The van der Waals surface area contributed by atoms with Gasteiger partial charge >= 0.3 is 0 Å². The molecule has 0 aromatic heterocycles. The van der Waals surface area contributed by atoms with E-state index < -0.39 is 0 Å². The highest BCUT2D eigenvalue weighted by Gasteiger charge is 2.02. The Kier molecular flexibility index (Phi) is 4.85. The third-order valence-corrected chi connectivity index (χ3v) is 2.94. The van der Waals surface area contributed by atoms with Crippen LogP contribution < -0.4 is 9.47 Å². The maximum atomic E-state index is 5.77. The molecule has 0 spiro atoms. The molecular formula is C17H20O2. The number of ether oxygens (including phenoxy) is 2. The van der Waals surface area contributed by atoms with Crippen LogP contribution in [0.25, 0.3) is 0 Å². The predicted octanol–water partition coefficient (Wildman–Crippen LogP) is 4.99. The molecule has 0 fully saturated rings. The molecule has 0 bridgehead atoms. The molecule has 1 aromatic rings. The number of rotatable bonds is 5. The van der Waals surface area contributed by atoms with Crippen LogP contribution in [0.5, 0.6) is 11.5 Å². The smallest absolute Gasteiger partial charge is 0.127 e. The van der Waals surface area contributed by atoms with Crippen LogP contribution in [-0.4, -0.2) is 0 Å². The third-order valence-electron chi connectivity index (χ3n) is 2.94. The molecule has 0 saturated heterocycles. The first kappa shape index (κ1) is 13.5. The Bertz CT molecular complexity index is 492. The lowest BCUT2D eigenvalue weighted by atomic mass is 10.2. The minimum absolute atomic E-state index is 0.837. The van der Waals surface area contributed by atoms with Gasteiger partial charge in [0.25, 0.3) is 0 Å². The molecule has 0 atom stereocenters. The van der Waals surface area contributed by atoms with Gasteiger partial charge in [-0.1, -0.05) is 13.0 Å². The van der Waals surface area contributed by atoms with Crippen LogP contribution in [0.1, 0.15) is 33.1 Å². The summed E-state index contributed by atoms with van der Waals surface area (Å²) in [6.07, 6.45) is 11.3. The number of benzene rings is 1. The standard InChI is InChI=1S/C17H20O2/c1-3-14(4-2)18-16-10-12-17(13-11-16)19-15-8-6-5-7-9-15/h3,6,8-13H,4-5,7H2,1-2H3. The van der Waals surface area contributed by atoms with Crippen molar-refractivity contribution >= 4 is 0 Å². The molecule has 0 N–H and O–H groups in total. The van der Waals surface area contributed by atoms with E-state index in [0.29, 0.717) is 0 Å². The first-order valence-electron chi connectivity index (χ1n) is 6.79. The zero-order valence-corrected chi connectivity index (χ0v) is 11.6. The highest BCUT2D eigenvalue weighted by molar-refractivity contribution is 5.34. The molecule has 0 amide bonds. The highest BCUT2D eigenvalue weighted by atomic mass is 16.5. The topological polar surface area (TPSA) is 18.5 Å². The van der Waals surface area contributed by atoms with Crippen LogP contribution in [0, 0.1) is 0 Å². The molecule has 0 aliphatic heterocycles. The van der Waals surface area contributed by atoms with Crippen molar-refractivity contribution < 1.29 is 9.47 Å². The van der Waals surface area contributed by atoms with Crippen LogP contribution in [0.2, 0.25) is 0 Å². The van der Waals surface area contributed by atoms with Gasteiger partial charge in [-0.2, -0.15) is 0 Å². The Balaban J connectivity index is 1.98. The highest BCUT2D eigenvalue weighted by Crippen LogP contribution is 2.23. The van der Waals surface area contributed by atoms with Gasteiger partial charge in [-0.15, -0.1) is 0 Å². The largest absolute Gasteiger partial charge is 0.462 e. The van der Waals surface area contributed by atoms with E-state index in [1.54, 1.807) is 0 Å². The van der Waals surface area contributed by atoms with E-state index in [4.69, 9.17) is 9.47 Å². The summed E-state index contributed by atoms with van der Waals surface area (Å²) >= 11 is 0. The normalized spacial score (nSPS) is 15.1. The number of hydrogen-bond acceptors (Lipinski definition) is 2. The predicted molar refractivity (Wildman–Crippen MR) is 78.2 cm³/mol. The molecule has 19 heavy (non-hydrogen) atoms. The van der Waals surface area contributed by atoms with Crippen molar-refractivity contribution in [2.75, 3.05) is 0 Å². The fraction of sp³-hybridized carbons (Fsp3) is 0.294. The number of hydrogen-bond donors (Lipinski definition) is 0. The molecule has 2 heteroatoms. The second-order valence-electron chi connectivity index (χ2n) is 4.37. The first-order valence-corrected chi connectivity index (χ1v) is 6.79. The molecule has 0 unspecified atom stereocenters. The fourth-order valence-electron chi connectivity index (χ4n) is 1.86. The van der Waals surface area contributed by atoms with Crippen molar-refractivity contribution in [1.82, 2.24) is 0 Å². The molecule has 0 radical (unpaired) electrons. The number of allylic oxidation sites excluding steroid dienone is 5. The van der Waals surface area contributed by atoms with Crippen molar-refractivity contribution in [3.8, 4) is 11.5 Å². The van der Waals surface area contributed by atoms with Crippen molar-refractivity contribution in [1.29, 1.82) is 0 Å². The van der Waals surface area contributed by atoms with Crippen molar-refractivity contribution in [2.45, 2.75) is 33.1 Å². The lowest BCUT2D eigenvalue weighted by Crippen LogP contribution is -1.96. The van der Waals surface area contributed by atoms with Gasteiger partial charge in [0.15, 0.2) is 0 Å². The van der Waals surface area contributed by atoms with Crippen LogP contribution >= 0.6 is 0 Å². The van der Waals surface area contributed by atoms with Gasteiger partial charge in [-0.05, 0) is 62.3 Å². The molecule has 0 saturated carbocycles. The lowest BCUT2D eigenvalue weighted by Gasteiger charge is -2.11. The summed E-state index contributed by atoms with van der Waals surface area (Å²) in [5.41, 5.74) is 0. The van der Waals surface area contributed by atoms with Gasteiger partial charge in [-0.3, -0.25) is 0 Å². The monoisotopic (exact) mass is 256 g/mol. The lowest BCUT2D eigenvalue weighted by molar-refractivity contribution is 0.404. The van der Waals surface area contributed by atoms with E-state index in [9.17, 15) is 0 Å². The second kappa shape index (κ2) is 6.83. The maximum absolute atomic E-state index is 5.77. The Labute approximate surface area is 115 Å². The zero-order chi connectivity index (χ0) is 13.5. The summed E-state index contributed by atoms with van der Waals surface area (Å²) in [5.74, 6) is 3.58. The molecule has 100 valence electrons. The molecule has 1 aromatic carbocycles. The second-order valence-corrected chi connectivity index (χ2v) is 4.37. The fourth-order valence-corrected chi connectivity index (χ4v) is 1.86. The van der Waals surface area contributed by atoms with E-state index >= 15 is 0 Å². The molecule has 1 aliphatic rings. The summed E-state index contributed by atoms with van der Waals surface area (Å²) in [7, 11) is 0. The summed E-state index contributed by atoms with van der Waals surface area (Å²) < 4.78 is 11.5. The van der Waals surface area contributed by atoms with Gasteiger partial charge in [0.05, 0.1) is 5.76 Å². The summed E-state index contributed by atoms with van der Waals surface area (Å²) in [6, 6.07) is 7.73. The molecule has 2 rings (SSSR count). The Morgan fingerprint density at radius 3 is 2.47 bits per heavy atom. The summed E-state index contributed by atoms with van der Waals surface area (Å²) in [5, 5.41) is 0. The molecule has 0 heterocycles. The minimum atomic E-state index is 0.837. The van der Waals surface area contributed by atoms with Crippen LogP contribution in [0.4, 0.5) is 0 Å². The van der Waals surface area contributed by atoms with E-state index in [2.05, 4.69) is 19.1 Å². The quantitative estimate of drug-likeness (QED) is 0.691. The van der Waals surface area contributed by atoms with E-state index in [0.717, 1.165) is 42.3 Å². The van der Waals surface area contributed by atoms with Crippen LogP contribution in [0.15, 0.2) is 60.1 Å². The zero-order valence-electron chi connectivity index (χ0n) is 11.6. The molecule has 1 aliphatic carbocycles. The maximum Gasteiger partial charge on any atom is 0.127 e. The van der Waals surface area contributed by atoms with Gasteiger partial charge in [0, 0.05) is 6.42 Å². The van der Waals surface area contributed by atoms with E-state index in [1.807, 2.05) is 43.3 Å². The summed E-state index contributed by atoms with van der Waals surface area (Å²) in [4.78, 5) is 0. The van der Waals surface area contributed by atoms with Gasteiger partial charge < -0.3 is 9.47 Å². The molecule has 2 nitrogen and oxygen atoms in total. The van der Waals surface area contributed by atoms with E-state index in [-0.39, 0.29) is 0 Å². The third kappa shape index (κ3) is 4.02. The average Bonchev–Trinajstić information content (AvgIpc) is 2.47. The SMILES string of the molecule is CC=C(CC)Oc1ccc(OC2=CCCC=C2)cc1. The van der Waals surface area contributed by atoms with Crippen molar-refractivity contribution in [3.63, 3.8) is 0 Å². The summed E-state index contributed by atoms with van der Waals surface area (Å²) in [6.45, 7) is 4.06. The van der Waals surface area contributed by atoms with Crippen molar-refractivity contribution in [2.24, 2.45) is 0 Å². The first-order chi connectivity index (χ1) is 9.31. The van der Waals surface area contributed by atoms with Crippen molar-refractivity contribution in [3.05, 3.63) is 60.1 Å². The van der Waals surface area contributed by atoms with Gasteiger partial charge in [0.2, 0.25) is 0 Å².